The molecule has 0 unspecified atom stereocenters. The van der Waals surface area contributed by atoms with Crippen LogP contribution in [-0.4, -0.2) is 26.0 Å². The number of benzene rings is 1. The van der Waals surface area contributed by atoms with Gasteiger partial charge >= 0.3 is 11.8 Å². The standard InChI is InChI=1S/C15H18ClFN4O3/c1-15(2,3)24-13(22)18-8-12-19-20(4)14(23)21(12)9-5-6-10(16)11(17)7-9/h5-7H,8H2,1-4H3,(H,18,22). The van der Waals surface area contributed by atoms with Gasteiger partial charge in [-0.3, -0.25) is 0 Å². The first-order chi connectivity index (χ1) is 11.1. The zero-order chi connectivity index (χ0) is 18.1. The summed E-state index contributed by atoms with van der Waals surface area (Å²) in [5, 5.41) is 6.51. The van der Waals surface area contributed by atoms with Gasteiger partial charge in [0.1, 0.15) is 11.4 Å². The van der Waals surface area contributed by atoms with Gasteiger partial charge < -0.3 is 10.1 Å². The van der Waals surface area contributed by atoms with Crippen LogP contribution in [0.1, 0.15) is 26.6 Å². The van der Waals surface area contributed by atoms with Gasteiger partial charge in [0.05, 0.1) is 17.3 Å². The molecule has 1 N–H and O–H groups in total. The van der Waals surface area contributed by atoms with Crippen LogP contribution < -0.4 is 11.0 Å². The van der Waals surface area contributed by atoms with Crippen molar-refractivity contribution in [3.63, 3.8) is 0 Å². The van der Waals surface area contributed by atoms with Crippen molar-refractivity contribution in [3.8, 4) is 5.69 Å². The summed E-state index contributed by atoms with van der Waals surface area (Å²) in [4.78, 5) is 24.0. The van der Waals surface area contributed by atoms with E-state index in [9.17, 15) is 14.0 Å². The number of carbonyl (C=O) groups excluding carboxylic acids is 1. The van der Waals surface area contributed by atoms with Gasteiger partial charge in [-0.2, -0.15) is 5.10 Å². The summed E-state index contributed by atoms with van der Waals surface area (Å²) in [6, 6.07) is 3.96. The SMILES string of the molecule is Cn1nc(CNC(=O)OC(C)(C)C)n(-c2ccc(Cl)c(F)c2)c1=O. The summed E-state index contributed by atoms with van der Waals surface area (Å²) >= 11 is 5.66. The number of alkyl carbamates (subject to hydrolysis) is 1. The minimum absolute atomic E-state index is 0.0517. The highest BCUT2D eigenvalue weighted by molar-refractivity contribution is 6.30. The second-order valence-electron chi connectivity index (χ2n) is 6.11. The highest BCUT2D eigenvalue weighted by Gasteiger charge is 2.18. The molecule has 2 rings (SSSR count). The Kier molecular flexibility index (Phi) is 4.98. The van der Waals surface area contributed by atoms with Crippen LogP contribution in [0.4, 0.5) is 9.18 Å². The van der Waals surface area contributed by atoms with Crippen molar-refractivity contribution < 1.29 is 13.9 Å². The van der Waals surface area contributed by atoms with E-state index in [1.54, 1.807) is 20.8 Å². The molecule has 0 saturated carbocycles. The van der Waals surface area contributed by atoms with Gasteiger partial charge in [0.15, 0.2) is 5.82 Å². The molecule has 1 heterocycles. The first-order valence-corrected chi connectivity index (χ1v) is 7.53. The molecule has 1 aromatic heterocycles. The molecule has 0 aliphatic carbocycles. The highest BCUT2D eigenvalue weighted by atomic mass is 35.5. The van der Waals surface area contributed by atoms with Crippen molar-refractivity contribution in [1.29, 1.82) is 0 Å². The number of amides is 1. The maximum Gasteiger partial charge on any atom is 0.408 e. The van der Waals surface area contributed by atoms with Gasteiger partial charge in [-0.25, -0.2) is 23.2 Å². The number of halogens is 2. The van der Waals surface area contributed by atoms with Crippen LogP contribution in [0.2, 0.25) is 5.02 Å². The lowest BCUT2D eigenvalue weighted by molar-refractivity contribution is 0.0522. The van der Waals surface area contributed by atoms with Crippen LogP contribution in [0, 0.1) is 5.82 Å². The highest BCUT2D eigenvalue weighted by Crippen LogP contribution is 2.18. The Bertz CT molecular complexity index is 823. The summed E-state index contributed by atoms with van der Waals surface area (Å²) in [5.74, 6) is -0.425. The zero-order valence-electron chi connectivity index (χ0n) is 13.8. The molecular formula is C15H18ClFN4O3. The molecule has 0 radical (unpaired) electrons. The molecule has 1 aromatic carbocycles. The molecule has 2 aromatic rings. The maximum absolute atomic E-state index is 13.7. The van der Waals surface area contributed by atoms with Crippen molar-refractivity contribution in [3.05, 3.63) is 45.3 Å². The molecule has 0 aliphatic heterocycles. The molecule has 1 amide bonds. The Morgan fingerprint density at radius 3 is 2.67 bits per heavy atom. The number of nitrogens with zero attached hydrogens (tertiary/aromatic N) is 3. The molecule has 24 heavy (non-hydrogen) atoms. The fourth-order valence-corrected chi connectivity index (χ4v) is 2.10. The number of hydrogen-bond acceptors (Lipinski definition) is 4. The minimum atomic E-state index is -0.657. The van der Waals surface area contributed by atoms with E-state index in [2.05, 4.69) is 10.4 Å². The van der Waals surface area contributed by atoms with Crippen LogP contribution in [0.3, 0.4) is 0 Å². The van der Waals surface area contributed by atoms with Crippen molar-refractivity contribution in [2.24, 2.45) is 7.05 Å². The lowest BCUT2D eigenvalue weighted by Crippen LogP contribution is -2.33. The number of hydrogen-bond donors (Lipinski definition) is 1. The number of carbonyl (C=O) groups is 1. The summed E-state index contributed by atoms with van der Waals surface area (Å²) in [6.07, 6.45) is -0.644. The van der Waals surface area contributed by atoms with E-state index in [1.165, 1.54) is 23.7 Å². The third-order valence-electron chi connectivity index (χ3n) is 2.94. The molecule has 7 nitrogen and oxygen atoms in total. The molecular weight excluding hydrogens is 339 g/mol. The van der Waals surface area contributed by atoms with Crippen molar-refractivity contribution in [2.75, 3.05) is 0 Å². The minimum Gasteiger partial charge on any atom is -0.444 e. The first kappa shape index (κ1) is 18.0. The lowest BCUT2D eigenvalue weighted by atomic mass is 10.2. The number of aromatic nitrogens is 3. The topological polar surface area (TPSA) is 78.2 Å². The van der Waals surface area contributed by atoms with E-state index in [4.69, 9.17) is 16.3 Å². The molecule has 0 fully saturated rings. The van der Waals surface area contributed by atoms with Gasteiger partial charge in [-0.15, -0.1) is 0 Å². The fraction of sp³-hybridized carbons (Fsp3) is 0.400. The van der Waals surface area contributed by atoms with Crippen LogP contribution >= 0.6 is 11.6 Å². The largest absolute Gasteiger partial charge is 0.444 e. The van der Waals surface area contributed by atoms with Crippen LogP contribution in [0.25, 0.3) is 5.69 Å². The number of aryl methyl sites for hydroxylation is 1. The average molecular weight is 357 g/mol. The van der Waals surface area contributed by atoms with Crippen LogP contribution in [-0.2, 0) is 18.3 Å². The predicted octanol–water partition coefficient (Wildman–Crippen LogP) is 2.39. The lowest BCUT2D eigenvalue weighted by Gasteiger charge is -2.19. The predicted molar refractivity (Wildman–Crippen MR) is 86.8 cm³/mol. The van der Waals surface area contributed by atoms with Gasteiger partial charge in [0.2, 0.25) is 0 Å². The average Bonchev–Trinajstić information content (AvgIpc) is 2.73. The van der Waals surface area contributed by atoms with E-state index >= 15 is 0 Å². The van der Waals surface area contributed by atoms with Crippen LogP contribution in [0.15, 0.2) is 23.0 Å². The first-order valence-electron chi connectivity index (χ1n) is 7.15. The van der Waals surface area contributed by atoms with E-state index < -0.39 is 23.2 Å². The van der Waals surface area contributed by atoms with Crippen molar-refractivity contribution >= 4 is 17.7 Å². The third-order valence-corrected chi connectivity index (χ3v) is 3.25. The van der Waals surface area contributed by atoms with Crippen molar-refractivity contribution in [1.82, 2.24) is 19.7 Å². The quantitative estimate of drug-likeness (QED) is 0.916. The normalized spacial score (nSPS) is 11.4. The maximum atomic E-state index is 13.7. The molecule has 130 valence electrons. The second kappa shape index (κ2) is 6.64. The number of nitrogens with one attached hydrogen (secondary N) is 1. The summed E-state index contributed by atoms with van der Waals surface area (Å²) in [5.41, 5.74) is -0.860. The van der Waals surface area contributed by atoms with Gasteiger partial charge in [0.25, 0.3) is 0 Å². The van der Waals surface area contributed by atoms with Crippen molar-refractivity contribution in [2.45, 2.75) is 32.9 Å². The Labute approximate surface area is 143 Å². The Balaban J connectivity index is 2.29. The summed E-state index contributed by atoms with van der Waals surface area (Å²) < 4.78 is 21.1. The van der Waals surface area contributed by atoms with Gasteiger partial charge in [-0.1, -0.05) is 11.6 Å². The van der Waals surface area contributed by atoms with E-state index in [0.29, 0.717) is 0 Å². The molecule has 0 spiro atoms. The summed E-state index contributed by atoms with van der Waals surface area (Å²) in [7, 11) is 1.46. The van der Waals surface area contributed by atoms with E-state index in [0.717, 1.165) is 10.7 Å². The Morgan fingerprint density at radius 2 is 2.08 bits per heavy atom. The van der Waals surface area contributed by atoms with E-state index in [1.807, 2.05) is 0 Å². The zero-order valence-corrected chi connectivity index (χ0v) is 14.5. The molecule has 0 aliphatic rings. The molecule has 0 atom stereocenters. The van der Waals surface area contributed by atoms with Gasteiger partial charge in [0, 0.05) is 7.05 Å². The molecule has 9 heteroatoms. The smallest absolute Gasteiger partial charge is 0.408 e. The Hall–Kier alpha value is -2.35. The van der Waals surface area contributed by atoms with Gasteiger partial charge in [-0.05, 0) is 39.0 Å². The third kappa shape index (κ3) is 4.14. The summed E-state index contributed by atoms with van der Waals surface area (Å²) in [6.45, 7) is 5.15. The second-order valence-corrected chi connectivity index (χ2v) is 6.52. The number of rotatable bonds is 3. The van der Waals surface area contributed by atoms with E-state index in [-0.39, 0.29) is 23.1 Å². The Morgan fingerprint density at radius 1 is 1.42 bits per heavy atom. The molecule has 0 bridgehead atoms. The molecule has 0 saturated heterocycles. The monoisotopic (exact) mass is 356 g/mol. The number of ether oxygens (including phenoxy) is 1. The fourth-order valence-electron chi connectivity index (χ4n) is 1.98. The van der Waals surface area contributed by atoms with Crippen LogP contribution in [0.5, 0.6) is 0 Å².